The van der Waals surface area contributed by atoms with Crippen molar-refractivity contribution in [1.29, 1.82) is 0 Å². The molecule has 3 aromatic rings. The van der Waals surface area contributed by atoms with Crippen molar-refractivity contribution in [3.63, 3.8) is 0 Å². The number of oxazole rings is 1. The van der Waals surface area contributed by atoms with E-state index >= 15 is 0 Å². The first-order valence-corrected chi connectivity index (χ1v) is 8.89. The predicted molar refractivity (Wildman–Crippen MR) is 98.1 cm³/mol. The second-order valence-corrected chi connectivity index (χ2v) is 6.07. The van der Waals surface area contributed by atoms with Crippen LogP contribution in [-0.4, -0.2) is 34.1 Å². The number of rotatable bonds is 7. The molecule has 0 aliphatic carbocycles. The summed E-state index contributed by atoms with van der Waals surface area (Å²) >= 11 is 0. The van der Waals surface area contributed by atoms with Gasteiger partial charge in [-0.2, -0.15) is 0 Å². The van der Waals surface area contributed by atoms with Gasteiger partial charge in [-0.05, 0) is 31.2 Å². The van der Waals surface area contributed by atoms with Gasteiger partial charge in [0, 0.05) is 18.8 Å². The van der Waals surface area contributed by atoms with Crippen molar-refractivity contribution >= 4 is 5.91 Å². The fourth-order valence-electron chi connectivity index (χ4n) is 2.76. The number of carbonyl (C=O) groups excluding carboxylic acids is 1. The molecule has 8 heteroatoms. The summed E-state index contributed by atoms with van der Waals surface area (Å²) in [6.07, 6.45) is 3.05. The lowest BCUT2D eigenvalue weighted by Gasteiger charge is -2.18. The van der Waals surface area contributed by atoms with Crippen molar-refractivity contribution in [3.05, 3.63) is 66.1 Å². The van der Waals surface area contributed by atoms with Gasteiger partial charge in [-0.1, -0.05) is 6.07 Å². The molecule has 3 heterocycles. The SMILES string of the molecule is CCN(Cc1ccccn1)C(=O)c1coc(COc2ccc3c(c2)OCO3)n1. The van der Waals surface area contributed by atoms with Crippen molar-refractivity contribution in [3.8, 4) is 17.2 Å². The quantitative estimate of drug-likeness (QED) is 0.622. The van der Waals surface area contributed by atoms with Gasteiger partial charge in [-0.25, -0.2) is 4.98 Å². The molecule has 144 valence electrons. The normalized spacial score (nSPS) is 12.0. The molecule has 28 heavy (non-hydrogen) atoms. The highest BCUT2D eigenvalue weighted by molar-refractivity contribution is 5.91. The maximum Gasteiger partial charge on any atom is 0.276 e. The van der Waals surface area contributed by atoms with Crippen LogP contribution in [0.5, 0.6) is 17.2 Å². The summed E-state index contributed by atoms with van der Waals surface area (Å²) in [5.74, 6) is 2.01. The van der Waals surface area contributed by atoms with Gasteiger partial charge in [0.05, 0.1) is 12.2 Å². The lowest BCUT2D eigenvalue weighted by molar-refractivity contribution is 0.0744. The Morgan fingerprint density at radius 3 is 2.93 bits per heavy atom. The molecular formula is C20H19N3O5. The minimum Gasteiger partial charge on any atom is -0.484 e. The van der Waals surface area contributed by atoms with Gasteiger partial charge in [-0.15, -0.1) is 0 Å². The number of carbonyl (C=O) groups is 1. The minimum atomic E-state index is -0.216. The minimum absolute atomic E-state index is 0.0965. The molecule has 0 saturated carbocycles. The monoisotopic (exact) mass is 381 g/mol. The highest BCUT2D eigenvalue weighted by Crippen LogP contribution is 2.35. The Morgan fingerprint density at radius 1 is 1.21 bits per heavy atom. The third-order valence-electron chi connectivity index (χ3n) is 4.23. The molecule has 1 aliphatic heterocycles. The zero-order valence-electron chi connectivity index (χ0n) is 15.3. The number of aromatic nitrogens is 2. The number of ether oxygens (including phenoxy) is 3. The second-order valence-electron chi connectivity index (χ2n) is 6.07. The van der Waals surface area contributed by atoms with E-state index in [1.54, 1.807) is 29.3 Å². The van der Waals surface area contributed by atoms with Gasteiger partial charge in [0.25, 0.3) is 5.91 Å². The molecule has 8 nitrogen and oxygen atoms in total. The summed E-state index contributed by atoms with van der Waals surface area (Å²) in [6, 6.07) is 10.9. The van der Waals surface area contributed by atoms with E-state index in [0.717, 1.165) is 5.69 Å². The summed E-state index contributed by atoms with van der Waals surface area (Å²) in [4.78, 5) is 22.9. The van der Waals surface area contributed by atoms with E-state index in [1.807, 2.05) is 25.1 Å². The van der Waals surface area contributed by atoms with Crippen LogP contribution in [0, 0.1) is 0 Å². The molecule has 0 bridgehead atoms. The van der Waals surface area contributed by atoms with E-state index < -0.39 is 0 Å². The number of pyridine rings is 1. The molecule has 0 fully saturated rings. The van der Waals surface area contributed by atoms with Crippen LogP contribution < -0.4 is 14.2 Å². The van der Waals surface area contributed by atoms with Crippen LogP contribution in [0.25, 0.3) is 0 Å². The lowest BCUT2D eigenvalue weighted by Crippen LogP contribution is -2.30. The maximum atomic E-state index is 12.7. The Balaban J connectivity index is 1.38. The van der Waals surface area contributed by atoms with E-state index in [1.165, 1.54) is 6.26 Å². The molecule has 1 aliphatic rings. The number of fused-ring (bicyclic) bond motifs is 1. The highest BCUT2D eigenvalue weighted by atomic mass is 16.7. The Hall–Kier alpha value is -3.55. The molecule has 0 saturated heterocycles. The zero-order valence-corrected chi connectivity index (χ0v) is 15.3. The Morgan fingerprint density at radius 2 is 2.11 bits per heavy atom. The molecular weight excluding hydrogens is 362 g/mol. The number of benzene rings is 1. The maximum absolute atomic E-state index is 12.7. The van der Waals surface area contributed by atoms with Crippen molar-refractivity contribution in [1.82, 2.24) is 14.9 Å². The Labute approximate surface area is 161 Å². The predicted octanol–water partition coefficient (Wildman–Crippen LogP) is 3.04. The van der Waals surface area contributed by atoms with Gasteiger partial charge in [0.15, 0.2) is 23.8 Å². The Kier molecular flexibility index (Phi) is 5.09. The van der Waals surface area contributed by atoms with Gasteiger partial charge < -0.3 is 23.5 Å². The first-order valence-electron chi connectivity index (χ1n) is 8.89. The molecule has 0 N–H and O–H groups in total. The van der Waals surface area contributed by atoms with Crippen LogP contribution in [0.2, 0.25) is 0 Å². The van der Waals surface area contributed by atoms with Crippen LogP contribution >= 0.6 is 0 Å². The van der Waals surface area contributed by atoms with E-state index in [4.69, 9.17) is 18.6 Å². The van der Waals surface area contributed by atoms with Crippen molar-refractivity contribution in [2.24, 2.45) is 0 Å². The third kappa shape index (κ3) is 3.90. The largest absolute Gasteiger partial charge is 0.484 e. The molecule has 2 aromatic heterocycles. The van der Waals surface area contributed by atoms with E-state index in [-0.39, 0.29) is 25.0 Å². The van der Waals surface area contributed by atoms with Crippen molar-refractivity contribution in [2.75, 3.05) is 13.3 Å². The molecule has 4 rings (SSSR count). The lowest BCUT2D eigenvalue weighted by atomic mass is 10.3. The molecule has 0 radical (unpaired) electrons. The first-order chi connectivity index (χ1) is 13.7. The van der Waals surface area contributed by atoms with Crippen LogP contribution in [0.1, 0.15) is 29.0 Å². The number of amides is 1. The Bertz CT molecular complexity index is 957. The van der Waals surface area contributed by atoms with Gasteiger partial charge in [0.1, 0.15) is 12.0 Å². The van der Waals surface area contributed by atoms with Gasteiger partial charge in [0.2, 0.25) is 12.7 Å². The van der Waals surface area contributed by atoms with Crippen LogP contribution in [0.4, 0.5) is 0 Å². The smallest absolute Gasteiger partial charge is 0.276 e. The average molecular weight is 381 g/mol. The van der Waals surface area contributed by atoms with Crippen LogP contribution in [0.3, 0.4) is 0 Å². The average Bonchev–Trinajstić information content (AvgIpc) is 3.39. The summed E-state index contributed by atoms with van der Waals surface area (Å²) < 4.78 is 21.6. The summed E-state index contributed by atoms with van der Waals surface area (Å²) in [5, 5.41) is 0. The summed E-state index contributed by atoms with van der Waals surface area (Å²) in [6.45, 7) is 3.15. The van der Waals surface area contributed by atoms with E-state index in [0.29, 0.717) is 36.2 Å². The zero-order chi connectivity index (χ0) is 19.3. The van der Waals surface area contributed by atoms with E-state index in [2.05, 4.69) is 9.97 Å². The van der Waals surface area contributed by atoms with E-state index in [9.17, 15) is 4.79 Å². The first kappa shape index (κ1) is 17.8. The molecule has 0 atom stereocenters. The topological polar surface area (TPSA) is 86.9 Å². The fourth-order valence-corrected chi connectivity index (χ4v) is 2.76. The molecule has 1 amide bonds. The molecule has 0 unspecified atom stereocenters. The fraction of sp³-hybridized carbons (Fsp3) is 0.250. The molecule has 0 spiro atoms. The van der Waals surface area contributed by atoms with Crippen molar-refractivity contribution in [2.45, 2.75) is 20.1 Å². The number of hydrogen-bond donors (Lipinski definition) is 0. The van der Waals surface area contributed by atoms with Gasteiger partial charge in [-0.3, -0.25) is 9.78 Å². The van der Waals surface area contributed by atoms with Crippen LogP contribution in [-0.2, 0) is 13.2 Å². The van der Waals surface area contributed by atoms with Gasteiger partial charge >= 0.3 is 0 Å². The summed E-state index contributed by atoms with van der Waals surface area (Å²) in [7, 11) is 0. The molecule has 1 aromatic carbocycles. The highest BCUT2D eigenvalue weighted by Gasteiger charge is 2.20. The summed E-state index contributed by atoms with van der Waals surface area (Å²) in [5.41, 5.74) is 1.05. The number of nitrogens with zero attached hydrogens (tertiary/aromatic N) is 3. The standard InChI is InChI=1S/C20H19N3O5/c1-2-23(10-14-5-3-4-8-21-14)20(24)16-11-26-19(22-16)12-25-15-6-7-17-18(9-15)28-13-27-17/h3-9,11H,2,10,12-13H2,1H3. The van der Waals surface area contributed by atoms with Crippen LogP contribution in [0.15, 0.2) is 53.3 Å². The van der Waals surface area contributed by atoms with Crippen molar-refractivity contribution < 1.29 is 23.4 Å². The third-order valence-corrected chi connectivity index (χ3v) is 4.23. The second kappa shape index (κ2) is 7.99. The number of hydrogen-bond acceptors (Lipinski definition) is 7.